The first kappa shape index (κ1) is 12.6. The van der Waals surface area contributed by atoms with E-state index in [0.29, 0.717) is 0 Å². The van der Waals surface area contributed by atoms with Crippen LogP contribution in [0.4, 0.5) is 0 Å². The Morgan fingerprint density at radius 3 is 2.41 bits per heavy atom. The molecule has 0 radical (unpaired) electrons. The number of carbonyl (C=O) groups is 3. The number of aromatic carboxylic acids is 1. The van der Waals surface area contributed by atoms with E-state index in [4.69, 9.17) is 10.2 Å². The molecular formula is C10H10N2O5. The molecule has 0 aliphatic heterocycles. The average Bonchev–Trinajstić information content (AvgIpc) is 2.28. The number of aliphatic carboxylic acids is 1. The van der Waals surface area contributed by atoms with Gasteiger partial charge in [-0.2, -0.15) is 0 Å². The fourth-order valence-corrected chi connectivity index (χ4v) is 1.04. The molecule has 0 saturated heterocycles. The number of nitrogens with one attached hydrogen (secondary N) is 1. The molecule has 1 aromatic rings. The number of carbonyl (C=O) groups excluding carboxylic acids is 1. The highest BCUT2D eigenvalue weighted by atomic mass is 16.4. The second-order valence-corrected chi connectivity index (χ2v) is 3.14. The Labute approximate surface area is 96.1 Å². The maximum absolute atomic E-state index is 11.4. The summed E-state index contributed by atoms with van der Waals surface area (Å²) in [5.74, 6) is -2.68. The number of pyridine rings is 1. The van der Waals surface area contributed by atoms with Gasteiger partial charge in [-0.1, -0.05) is 0 Å². The molecule has 1 heterocycles. The summed E-state index contributed by atoms with van der Waals surface area (Å²) in [6, 6.07) is 2.51. The zero-order chi connectivity index (χ0) is 12.8. The van der Waals surface area contributed by atoms with Crippen molar-refractivity contribution in [3.63, 3.8) is 0 Å². The van der Waals surface area contributed by atoms with E-state index in [1.807, 2.05) is 0 Å². The number of aromatic nitrogens is 1. The van der Waals surface area contributed by atoms with E-state index in [1.54, 1.807) is 0 Å². The van der Waals surface area contributed by atoms with Gasteiger partial charge in [0.25, 0.3) is 5.91 Å². The molecular weight excluding hydrogens is 228 g/mol. The van der Waals surface area contributed by atoms with Gasteiger partial charge in [0.2, 0.25) is 0 Å². The minimum atomic E-state index is -1.18. The Balaban J connectivity index is 2.57. The second kappa shape index (κ2) is 5.59. The molecule has 0 bridgehead atoms. The number of hydrogen-bond donors (Lipinski definition) is 3. The van der Waals surface area contributed by atoms with Crippen molar-refractivity contribution in [1.29, 1.82) is 0 Å². The second-order valence-electron chi connectivity index (χ2n) is 3.14. The summed E-state index contributed by atoms with van der Waals surface area (Å²) in [6.45, 7) is 0.00878. The summed E-state index contributed by atoms with van der Waals surface area (Å²) < 4.78 is 0. The molecule has 7 heteroatoms. The van der Waals surface area contributed by atoms with Gasteiger partial charge in [0, 0.05) is 12.7 Å². The van der Waals surface area contributed by atoms with Crippen molar-refractivity contribution in [3.05, 3.63) is 29.6 Å². The zero-order valence-corrected chi connectivity index (χ0v) is 8.71. The number of rotatable bonds is 5. The van der Waals surface area contributed by atoms with Gasteiger partial charge in [0.05, 0.1) is 12.0 Å². The van der Waals surface area contributed by atoms with E-state index < -0.39 is 17.8 Å². The van der Waals surface area contributed by atoms with Crippen LogP contribution in [0.2, 0.25) is 0 Å². The topological polar surface area (TPSA) is 117 Å². The number of nitrogens with zero attached hydrogens (tertiary/aromatic N) is 1. The lowest BCUT2D eigenvalue weighted by Gasteiger charge is -2.03. The highest BCUT2D eigenvalue weighted by molar-refractivity contribution is 5.94. The lowest BCUT2D eigenvalue weighted by atomic mass is 10.2. The van der Waals surface area contributed by atoms with Gasteiger partial charge in [0.1, 0.15) is 5.69 Å². The van der Waals surface area contributed by atoms with E-state index in [2.05, 4.69) is 10.3 Å². The fraction of sp³-hybridized carbons (Fsp3) is 0.200. The summed E-state index contributed by atoms with van der Waals surface area (Å²) in [4.78, 5) is 35.7. The molecule has 3 N–H and O–H groups in total. The maximum atomic E-state index is 11.4. The minimum absolute atomic E-state index is 0.00878. The normalized spacial score (nSPS) is 9.65. The third kappa shape index (κ3) is 3.90. The van der Waals surface area contributed by atoms with Crippen molar-refractivity contribution in [1.82, 2.24) is 10.3 Å². The Kier molecular flexibility index (Phi) is 4.15. The smallest absolute Gasteiger partial charge is 0.354 e. The Morgan fingerprint density at radius 1 is 1.24 bits per heavy atom. The zero-order valence-electron chi connectivity index (χ0n) is 8.71. The summed E-state index contributed by atoms with van der Waals surface area (Å²) in [7, 11) is 0. The van der Waals surface area contributed by atoms with Crippen molar-refractivity contribution < 1.29 is 24.6 Å². The molecule has 0 aromatic carbocycles. The van der Waals surface area contributed by atoms with E-state index >= 15 is 0 Å². The number of carboxylic acids is 2. The van der Waals surface area contributed by atoms with Crippen LogP contribution in [-0.2, 0) is 4.79 Å². The van der Waals surface area contributed by atoms with Crippen LogP contribution in [0.15, 0.2) is 18.3 Å². The number of hydrogen-bond acceptors (Lipinski definition) is 4. The third-order valence-corrected chi connectivity index (χ3v) is 1.87. The fourth-order valence-electron chi connectivity index (χ4n) is 1.04. The van der Waals surface area contributed by atoms with Gasteiger partial charge in [-0.05, 0) is 12.1 Å². The first-order chi connectivity index (χ1) is 8.00. The van der Waals surface area contributed by atoms with Crippen molar-refractivity contribution in [2.45, 2.75) is 6.42 Å². The molecule has 1 amide bonds. The molecule has 0 aliphatic carbocycles. The van der Waals surface area contributed by atoms with Crippen molar-refractivity contribution in [3.8, 4) is 0 Å². The van der Waals surface area contributed by atoms with Crippen LogP contribution in [-0.4, -0.2) is 39.6 Å². The predicted octanol–water partition coefficient (Wildman–Crippen LogP) is -0.0157. The Hall–Kier alpha value is -2.44. The largest absolute Gasteiger partial charge is 0.481 e. The summed E-state index contributed by atoms with van der Waals surface area (Å²) in [5.41, 5.74) is 0.0208. The molecule has 1 rings (SSSR count). The summed E-state index contributed by atoms with van der Waals surface area (Å²) in [5, 5.41) is 19.3. The standard InChI is InChI=1S/C10H10N2O5/c13-8(14)3-4-11-9(15)6-1-2-7(10(16)17)12-5-6/h1-2,5H,3-4H2,(H,11,15)(H,13,14)(H,16,17). The van der Waals surface area contributed by atoms with E-state index in [0.717, 1.165) is 6.20 Å². The quantitative estimate of drug-likeness (QED) is 0.663. The molecule has 0 saturated carbocycles. The molecule has 0 atom stereocenters. The van der Waals surface area contributed by atoms with Crippen molar-refractivity contribution in [2.24, 2.45) is 0 Å². The van der Waals surface area contributed by atoms with Crippen LogP contribution in [0.3, 0.4) is 0 Å². The van der Waals surface area contributed by atoms with Crippen LogP contribution < -0.4 is 5.32 Å². The highest BCUT2D eigenvalue weighted by Crippen LogP contribution is 2.00. The Bertz CT molecular complexity index is 441. The van der Waals surface area contributed by atoms with Crippen molar-refractivity contribution in [2.75, 3.05) is 6.54 Å². The summed E-state index contributed by atoms with van der Waals surface area (Å²) >= 11 is 0. The van der Waals surface area contributed by atoms with Gasteiger partial charge in [-0.25, -0.2) is 9.78 Å². The maximum Gasteiger partial charge on any atom is 0.354 e. The van der Waals surface area contributed by atoms with Crippen LogP contribution in [0.1, 0.15) is 27.3 Å². The Morgan fingerprint density at radius 2 is 1.94 bits per heavy atom. The van der Waals surface area contributed by atoms with Crippen LogP contribution in [0, 0.1) is 0 Å². The van der Waals surface area contributed by atoms with E-state index in [-0.39, 0.29) is 24.2 Å². The molecule has 0 unspecified atom stereocenters. The van der Waals surface area contributed by atoms with Gasteiger partial charge >= 0.3 is 11.9 Å². The lowest BCUT2D eigenvalue weighted by Crippen LogP contribution is -2.26. The van der Waals surface area contributed by atoms with Crippen LogP contribution in [0.5, 0.6) is 0 Å². The minimum Gasteiger partial charge on any atom is -0.481 e. The third-order valence-electron chi connectivity index (χ3n) is 1.87. The predicted molar refractivity (Wildman–Crippen MR) is 55.8 cm³/mol. The highest BCUT2D eigenvalue weighted by Gasteiger charge is 2.09. The monoisotopic (exact) mass is 238 g/mol. The molecule has 0 aliphatic rings. The SMILES string of the molecule is O=C(O)CCNC(=O)c1ccc(C(=O)O)nc1. The molecule has 0 spiro atoms. The average molecular weight is 238 g/mol. The lowest BCUT2D eigenvalue weighted by molar-refractivity contribution is -0.136. The van der Waals surface area contributed by atoms with Crippen molar-refractivity contribution >= 4 is 17.8 Å². The van der Waals surface area contributed by atoms with Crippen LogP contribution in [0.25, 0.3) is 0 Å². The van der Waals surface area contributed by atoms with Gasteiger partial charge in [-0.15, -0.1) is 0 Å². The molecule has 17 heavy (non-hydrogen) atoms. The molecule has 7 nitrogen and oxygen atoms in total. The molecule has 0 fully saturated rings. The van der Waals surface area contributed by atoms with Crippen LogP contribution >= 0.6 is 0 Å². The molecule has 90 valence electrons. The van der Waals surface area contributed by atoms with Gasteiger partial charge in [-0.3, -0.25) is 9.59 Å². The summed E-state index contributed by atoms with van der Waals surface area (Å²) in [6.07, 6.45) is 0.950. The van der Waals surface area contributed by atoms with Gasteiger partial charge in [0.15, 0.2) is 0 Å². The van der Waals surface area contributed by atoms with E-state index in [1.165, 1.54) is 12.1 Å². The van der Waals surface area contributed by atoms with Gasteiger partial charge < -0.3 is 15.5 Å². The number of amides is 1. The molecule has 1 aromatic heterocycles. The number of carboxylic acid groups (broad SMARTS) is 2. The first-order valence-corrected chi connectivity index (χ1v) is 4.70. The first-order valence-electron chi connectivity index (χ1n) is 4.70. The van der Waals surface area contributed by atoms with E-state index in [9.17, 15) is 14.4 Å².